The van der Waals surface area contributed by atoms with E-state index >= 15 is 0 Å². The molecular weight excluding hydrogens is 282 g/mol. The van der Waals surface area contributed by atoms with Crippen LogP contribution in [0.3, 0.4) is 0 Å². The molecule has 1 saturated heterocycles. The number of benzene rings is 1. The third-order valence-corrected chi connectivity index (χ3v) is 4.50. The van der Waals surface area contributed by atoms with Crippen LogP contribution in [0.15, 0.2) is 28.7 Å². The van der Waals surface area contributed by atoms with E-state index in [4.69, 9.17) is 16.0 Å². The number of hydrogen-bond donors (Lipinski definition) is 1. The average molecular weight is 296 g/mol. The van der Waals surface area contributed by atoms with Gasteiger partial charge >= 0.3 is 0 Å². The second-order valence-corrected chi connectivity index (χ2v) is 5.96. The molecule has 1 aliphatic heterocycles. The molecule has 0 radical (unpaired) electrons. The van der Waals surface area contributed by atoms with Gasteiger partial charge in [0.2, 0.25) is 11.8 Å². The van der Waals surface area contributed by atoms with Crippen molar-refractivity contribution in [1.29, 1.82) is 0 Å². The minimum absolute atomic E-state index is 0.492. The Balaban J connectivity index is 1.61. The van der Waals surface area contributed by atoms with E-state index in [2.05, 4.69) is 15.5 Å². The maximum Gasteiger partial charge on any atom is 0.249 e. The van der Waals surface area contributed by atoms with E-state index < -0.39 is 0 Å². The van der Waals surface area contributed by atoms with E-state index in [0.29, 0.717) is 16.8 Å². The quantitative estimate of drug-likeness (QED) is 0.919. The number of rotatable bonds is 5. The van der Waals surface area contributed by atoms with Crippen LogP contribution < -0.4 is 5.32 Å². The number of nitrogens with zero attached hydrogens (tertiary/aromatic N) is 2. The van der Waals surface area contributed by atoms with Crippen molar-refractivity contribution in [3.05, 3.63) is 35.2 Å². The summed E-state index contributed by atoms with van der Waals surface area (Å²) in [6.07, 6.45) is 0. The molecule has 0 amide bonds. The number of thioether (sulfide) groups is 1. The Morgan fingerprint density at radius 1 is 1.32 bits per heavy atom. The topological polar surface area (TPSA) is 51.0 Å². The van der Waals surface area contributed by atoms with E-state index in [1.54, 1.807) is 0 Å². The highest BCUT2D eigenvalue weighted by Gasteiger charge is 2.17. The van der Waals surface area contributed by atoms with Crippen LogP contribution in [0.1, 0.15) is 5.89 Å². The predicted octanol–water partition coefficient (Wildman–Crippen LogP) is 2.84. The maximum absolute atomic E-state index is 6.10. The first-order chi connectivity index (χ1) is 9.33. The van der Waals surface area contributed by atoms with Crippen molar-refractivity contribution in [2.75, 3.05) is 18.8 Å². The normalized spacial score (nSPS) is 15.4. The summed E-state index contributed by atoms with van der Waals surface area (Å²) in [6, 6.07) is 7.49. The van der Waals surface area contributed by atoms with Crippen LogP contribution in [0.4, 0.5) is 0 Å². The Hall–Kier alpha value is -1.04. The van der Waals surface area contributed by atoms with Gasteiger partial charge in [-0.3, -0.25) is 0 Å². The van der Waals surface area contributed by atoms with Crippen LogP contribution in [0.25, 0.3) is 11.5 Å². The van der Waals surface area contributed by atoms with Gasteiger partial charge < -0.3 is 9.73 Å². The first-order valence-electron chi connectivity index (χ1n) is 6.18. The van der Waals surface area contributed by atoms with Gasteiger partial charge in [-0.2, -0.15) is 11.8 Å². The zero-order chi connectivity index (χ0) is 13.1. The molecule has 0 aliphatic carbocycles. The lowest BCUT2D eigenvalue weighted by Gasteiger charge is -2.26. The van der Waals surface area contributed by atoms with Gasteiger partial charge in [0.15, 0.2) is 0 Å². The van der Waals surface area contributed by atoms with Crippen molar-refractivity contribution in [3.8, 4) is 11.5 Å². The van der Waals surface area contributed by atoms with E-state index in [9.17, 15) is 0 Å². The summed E-state index contributed by atoms with van der Waals surface area (Å²) in [5.41, 5.74) is 0.788. The summed E-state index contributed by atoms with van der Waals surface area (Å²) in [5, 5.41) is 12.0. The van der Waals surface area contributed by atoms with Gasteiger partial charge in [-0.1, -0.05) is 23.7 Å². The lowest BCUT2D eigenvalue weighted by Crippen LogP contribution is -2.43. The molecule has 4 nitrogen and oxygen atoms in total. The highest BCUT2D eigenvalue weighted by atomic mass is 35.5. The Kier molecular flexibility index (Phi) is 4.06. The van der Waals surface area contributed by atoms with Gasteiger partial charge in [-0.25, -0.2) is 0 Å². The Morgan fingerprint density at radius 2 is 2.16 bits per heavy atom. The summed E-state index contributed by atoms with van der Waals surface area (Å²) in [6.45, 7) is 2.25. The minimum Gasteiger partial charge on any atom is -0.420 e. The first kappa shape index (κ1) is 13.0. The average Bonchev–Trinajstić information content (AvgIpc) is 2.81. The molecule has 2 aromatic rings. The molecule has 1 aliphatic rings. The van der Waals surface area contributed by atoms with Crippen molar-refractivity contribution in [1.82, 2.24) is 15.5 Å². The molecule has 6 heteroatoms. The summed E-state index contributed by atoms with van der Waals surface area (Å²) < 4.78 is 5.64. The molecular formula is C13H14ClN3OS. The molecule has 19 heavy (non-hydrogen) atoms. The maximum atomic E-state index is 6.10. The molecule has 0 bridgehead atoms. The zero-order valence-corrected chi connectivity index (χ0v) is 11.9. The van der Waals surface area contributed by atoms with Gasteiger partial charge in [0, 0.05) is 0 Å². The standard InChI is InChI=1S/C13H14ClN3OS/c14-11-4-2-1-3-10(11)13-17-16-12(18-13)8-19-7-9-5-15-6-9/h1-4,9,15H,5-8H2. The van der Waals surface area contributed by atoms with Crippen molar-refractivity contribution >= 4 is 23.4 Å². The SMILES string of the molecule is Clc1ccccc1-c1nnc(CSCC2CNC2)o1. The highest BCUT2D eigenvalue weighted by molar-refractivity contribution is 7.98. The van der Waals surface area contributed by atoms with Crippen LogP contribution in [0, 0.1) is 5.92 Å². The van der Waals surface area contributed by atoms with Crippen molar-refractivity contribution < 1.29 is 4.42 Å². The molecule has 100 valence electrons. The van der Waals surface area contributed by atoms with Crippen LogP contribution in [0.5, 0.6) is 0 Å². The molecule has 1 N–H and O–H groups in total. The summed E-state index contributed by atoms with van der Waals surface area (Å²) >= 11 is 7.93. The molecule has 0 spiro atoms. The van der Waals surface area contributed by atoms with Crippen LogP contribution in [-0.4, -0.2) is 29.0 Å². The fourth-order valence-corrected chi connectivity index (χ4v) is 3.03. The Bertz CT molecular complexity index is 556. The summed E-state index contributed by atoms with van der Waals surface area (Å²) in [7, 11) is 0. The highest BCUT2D eigenvalue weighted by Crippen LogP contribution is 2.27. The fraction of sp³-hybridized carbons (Fsp3) is 0.385. The predicted molar refractivity (Wildman–Crippen MR) is 77.3 cm³/mol. The van der Waals surface area contributed by atoms with Gasteiger partial charge in [-0.05, 0) is 36.9 Å². The number of aromatic nitrogens is 2. The second-order valence-electron chi connectivity index (χ2n) is 4.52. The monoisotopic (exact) mass is 295 g/mol. The molecule has 3 rings (SSSR count). The van der Waals surface area contributed by atoms with Gasteiger partial charge in [-0.15, -0.1) is 10.2 Å². The smallest absolute Gasteiger partial charge is 0.249 e. The van der Waals surface area contributed by atoms with Gasteiger partial charge in [0.25, 0.3) is 0 Å². The van der Waals surface area contributed by atoms with E-state index in [-0.39, 0.29) is 0 Å². The fourth-order valence-electron chi connectivity index (χ4n) is 1.83. The number of hydrogen-bond acceptors (Lipinski definition) is 5. The summed E-state index contributed by atoms with van der Waals surface area (Å²) in [5.74, 6) is 3.83. The third kappa shape index (κ3) is 3.11. The largest absolute Gasteiger partial charge is 0.420 e. The molecule has 1 aromatic heterocycles. The molecule has 1 fully saturated rings. The lowest BCUT2D eigenvalue weighted by molar-refractivity contribution is 0.385. The Morgan fingerprint density at radius 3 is 2.89 bits per heavy atom. The molecule has 0 atom stereocenters. The van der Waals surface area contributed by atoms with Crippen molar-refractivity contribution in [2.24, 2.45) is 5.92 Å². The van der Waals surface area contributed by atoms with Gasteiger partial charge in [0.05, 0.1) is 16.3 Å². The Labute approximate surface area is 120 Å². The molecule has 1 aromatic carbocycles. The number of nitrogens with one attached hydrogen (secondary N) is 1. The first-order valence-corrected chi connectivity index (χ1v) is 7.72. The van der Waals surface area contributed by atoms with Gasteiger partial charge in [0.1, 0.15) is 0 Å². The summed E-state index contributed by atoms with van der Waals surface area (Å²) in [4.78, 5) is 0. The minimum atomic E-state index is 0.492. The third-order valence-electron chi connectivity index (χ3n) is 3.02. The molecule has 0 unspecified atom stereocenters. The van der Waals surface area contributed by atoms with Crippen LogP contribution in [-0.2, 0) is 5.75 Å². The van der Waals surface area contributed by atoms with Crippen LogP contribution >= 0.6 is 23.4 Å². The van der Waals surface area contributed by atoms with Crippen molar-refractivity contribution in [3.63, 3.8) is 0 Å². The molecule has 2 heterocycles. The zero-order valence-electron chi connectivity index (χ0n) is 10.3. The van der Waals surface area contributed by atoms with E-state index in [0.717, 1.165) is 36.1 Å². The lowest BCUT2D eigenvalue weighted by atomic mass is 10.1. The molecule has 0 saturated carbocycles. The van der Waals surface area contributed by atoms with E-state index in [1.807, 2.05) is 36.0 Å². The number of halogens is 1. The van der Waals surface area contributed by atoms with E-state index in [1.165, 1.54) is 0 Å². The second kappa shape index (κ2) is 5.94. The van der Waals surface area contributed by atoms with Crippen molar-refractivity contribution in [2.45, 2.75) is 5.75 Å². The van der Waals surface area contributed by atoms with Crippen LogP contribution in [0.2, 0.25) is 5.02 Å².